The van der Waals surface area contributed by atoms with E-state index in [4.69, 9.17) is 0 Å². The van der Waals surface area contributed by atoms with Gasteiger partial charge in [-0.1, -0.05) is 24.6 Å². The second-order valence-electron chi connectivity index (χ2n) is 7.37. The number of aromatic nitrogens is 3. The molecule has 8 nitrogen and oxygen atoms in total. The summed E-state index contributed by atoms with van der Waals surface area (Å²) in [7, 11) is 0. The summed E-state index contributed by atoms with van der Waals surface area (Å²) in [6.07, 6.45) is 10.2. The van der Waals surface area contributed by atoms with Gasteiger partial charge in [0.15, 0.2) is 0 Å². The number of benzene rings is 1. The quantitative estimate of drug-likeness (QED) is 0.494. The lowest BCUT2D eigenvalue weighted by Crippen LogP contribution is -2.39. The van der Waals surface area contributed by atoms with Gasteiger partial charge in [0.05, 0.1) is 11.9 Å². The number of pyridine rings is 1. The Morgan fingerprint density at radius 1 is 1.13 bits per heavy atom. The van der Waals surface area contributed by atoms with Crippen molar-refractivity contribution >= 4 is 18.0 Å². The number of hydrogen-bond donors (Lipinski definition) is 1. The van der Waals surface area contributed by atoms with Crippen molar-refractivity contribution in [1.29, 1.82) is 0 Å². The van der Waals surface area contributed by atoms with Crippen LogP contribution in [0.1, 0.15) is 31.2 Å². The van der Waals surface area contributed by atoms with Crippen LogP contribution < -0.4 is 5.43 Å². The Balaban J connectivity index is 1.50. The highest BCUT2D eigenvalue weighted by Gasteiger charge is 2.19. The lowest BCUT2D eigenvalue weighted by atomic mass is 10.1. The predicted octanol–water partition coefficient (Wildman–Crippen LogP) is 2.79. The average molecular weight is 416 g/mol. The SMILES string of the molecule is O=C(CN1CCCCCC1=O)N/N=C\c1cn(-c2ccccc2)nc1-c1cccnc1. The minimum absolute atomic E-state index is 0.0227. The molecule has 1 fully saturated rings. The standard InChI is InChI=1S/C23H24N6O2/c30-21(17-28-13-6-2-5-11-22(28)31)26-25-15-19-16-29(20-9-3-1-4-10-20)27-23(19)18-8-7-12-24-14-18/h1,3-4,7-10,12,14-16H,2,5-6,11,13,17H2,(H,26,30)/b25-15-. The van der Waals surface area contributed by atoms with Gasteiger partial charge in [0.2, 0.25) is 5.91 Å². The van der Waals surface area contributed by atoms with Crippen LogP contribution in [0.15, 0.2) is 66.2 Å². The van der Waals surface area contributed by atoms with Crippen molar-refractivity contribution in [2.75, 3.05) is 13.1 Å². The Morgan fingerprint density at radius 3 is 2.81 bits per heavy atom. The minimum atomic E-state index is -0.315. The number of hydrogen-bond acceptors (Lipinski definition) is 5. The van der Waals surface area contributed by atoms with E-state index in [2.05, 4.69) is 20.6 Å². The maximum absolute atomic E-state index is 12.3. The third kappa shape index (κ3) is 5.22. The average Bonchev–Trinajstić information content (AvgIpc) is 3.13. The van der Waals surface area contributed by atoms with Gasteiger partial charge in [-0.15, -0.1) is 0 Å². The van der Waals surface area contributed by atoms with E-state index in [1.165, 1.54) is 0 Å². The number of para-hydroxylation sites is 1. The Kier molecular flexibility index (Phi) is 6.47. The zero-order valence-electron chi connectivity index (χ0n) is 17.1. The van der Waals surface area contributed by atoms with E-state index in [0.717, 1.165) is 36.1 Å². The summed E-state index contributed by atoms with van der Waals surface area (Å²) in [6, 6.07) is 13.5. The van der Waals surface area contributed by atoms with Crippen molar-refractivity contribution in [3.63, 3.8) is 0 Å². The summed E-state index contributed by atoms with van der Waals surface area (Å²) in [5, 5.41) is 8.79. The lowest BCUT2D eigenvalue weighted by molar-refractivity contribution is -0.135. The summed E-state index contributed by atoms with van der Waals surface area (Å²) in [6.45, 7) is 0.639. The number of carbonyl (C=O) groups is 2. The third-order valence-corrected chi connectivity index (χ3v) is 5.10. The molecule has 0 bridgehead atoms. The molecule has 3 heterocycles. The first-order valence-corrected chi connectivity index (χ1v) is 10.4. The highest BCUT2D eigenvalue weighted by atomic mass is 16.2. The molecule has 0 saturated carbocycles. The molecule has 0 unspecified atom stereocenters. The number of likely N-dealkylation sites (tertiary alicyclic amines) is 1. The van der Waals surface area contributed by atoms with Crippen molar-refractivity contribution in [3.8, 4) is 16.9 Å². The van der Waals surface area contributed by atoms with Gasteiger partial charge in [-0.25, -0.2) is 10.1 Å². The molecule has 4 rings (SSSR count). The monoisotopic (exact) mass is 416 g/mol. The van der Waals surface area contributed by atoms with Crippen molar-refractivity contribution in [1.82, 2.24) is 25.1 Å². The minimum Gasteiger partial charge on any atom is -0.333 e. The van der Waals surface area contributed by atoms with Gasteiger partial charge in [-0.2, -0.15) is 10.2 Å². The Bertz CT molecular complexity index is 1060. The zero-order valence-corrected chi connectivity index (χ0v) is 17.1. The van der Waals surface area contributed by atoms with Crippen LogP contribution in [0.2, 0.25) is 0 Å². The summed E-state index contributed by atoms with van der Waals surface area (Å²) >= 11 is 0. The Hall–Kier alpha value is -3.81. The molecular formula is C23H24N6O2. The maximum Gasteiger partial charge on any atom is 0.259 e. The molecule has 31 heavy (non-hydrogen) atoms. The number of nitrogens with zero attached hydrogens (tertiary/aromatic N) is 5. The second-order valence-corrected chi connectivity index (χ2v) is 7.37. The number of amides is 2. The van der Waals surface area contributed by atoms with Crippen LogP contribution in [0.25, 0.3) is 16.9 Å². The van der Waals surface area contributed by atoms with Crippen molar-refractivity contribution < 1.29 is 9.59 Å². The van der Waals surface area contributed by atoms with Gasteiger partial charge < -0.3 is 4.90 Å². The zero-order chi connectivity index (χ0) is 21.5. The van der Waals surface area contributed by atoms with E-state index in [1.807, 2.05) is 48.7 Å². The molecule has 2 aromatic heterocycles. The van der Waals surface area contributed by atoms with E-state index in [1.54, 1.807) is 28.2 Å². The molecule has 0 radical (unpaired) electrons. The van der Waals surface area contributed by atoms with Gasteiger partial charge in [0, 0.05) is 42.7 Å². The highest BCUT2D eigenvalue weighted by molar-refractivity contribution is 5.90. The van der Waals surface area contributed by atoms with Crippen LogP contribution in [-0.2, 0) is 9.59 Å². The van der Waals surface area contributed by atoms with Crippen molar-refractivity contribution in [3.05, 3.63) is 66.6 Å². The first-order valence-electron chi connectivity index (χ1n) is 10.4. The lowest BCUT2D eigenvalue weighted by Gasteiger charge is -2.18. The molecule has 1 saturated heterocycles. The van der Waals surface area contributed by atoms with E-state index in [-0.39, 0.29) is 18.4 Å². The summed E-state index contributed by atoms with van der Waals surface area (Å²) in [4.78, 5) is 30.1. The van der Waals surface area contributed by atoms with Crippen LogP contribution in [0.3, 0.4) is 0 Å². The molecule has 1 aromatic carbocycles. The molecule has 0 aliphatic carbocycles. The van der Waals surface area contributed by atoms with Crippen LogP contribution in [0, 0.1) is 0 Å². The van der Waals surface area contributed by atoms with E-state index in [0.29, 0.717) is 18.7 Å². The second kappa shape index (κ2) is 9.80. The van der Waals surface area contributed by atoms with Crippen molar-refractivity contribution in [2.45, 2.75) is 25.7 Å². The van der Waals surface area contributed by atoms with Gasteiger partial charge in [-0.3, -0.25) is 14.6 Å². The topological polar surface area (TPSA) is 92.5 Å². The van der Waals surface area contributed by atoms with Crippen LogP contribution in [0.4, 0.5) is 0 Å². The fourth-order valence-electron chi connectivity index (χ4n) is 3.51. The molecule has 3 aromatic rings. The number of nitrogens with one attached hydrogen (secondary N) is 1. The molecule has 8 heteroatoms. The van der Waals surface area contributed by atoms with Gasteiger partial charge in [0.1, 0.15) is 12.2 Å². The molecule has 158 valence electrons. The third-order valence-electron chi connectivity index (χ3n) is 5.10. The molecule has 1 N–H and O–H groups in total. The molecule has 2 amide bonds. The fraction of sp³-hybridized carbons (Fsp3) is 0.261. The van der Waals surface area contributed by atoms with Gasteiger partial charge >= 0.3 is 0 Å². The number of rotatable bonds is 6. The summed E-state index contributed by atoms with van der Waals surface area (Å²) < 4.78 is 1.77. The normalized spacial score (nSPS) is 14.6. The first-order chi connectivity index (χ1) is 15.2. The first kappa shape index (κ1) is 20.5. The maximum atomic E-state index is 12.3. The van der Waals surface area contributed by atoms with Crippen molar-refractivity contribution in [2.24, 2.45) is 5.10 Å². The molecule has 0 atom stereocenters. The van der Waals surface area contributed by atoms with E-state index in [9.17, 15) is 9.59 Å². The molecule has 1 aliphatic heterocycles. The Labute approximate surface area is 180 Å². The van der Waals surface area contributed by atoms with Gasteiger partial charge in [-0.05, 0) is 37.1 Å². The van der Waals surface area contributed by atoms with Crippen LogP contribution in [-0.4, -0.2) is 50.8 Å². The molecule has 1 aliphatic rings. The predicted molar refractivity (Wildman–Crippen MR) is 118 cm³/mol. The largest absolute Gasteiger partial charge is 0.333 e. The van der Waals surface area contributed by atoms with Crippen LogP contribution in [0.5, 0.6) is 0 Å². The Morgan fingerprint density at radius 2 is 2.00 bits per heavy atom. The fourth-order valence-corrected chi connectivity index (χ4v) is 3.51. The summed E-state index contributed by atoms with van der Waals surface area (Å²) in [5.41, 5.74) is 5.74. The number of hydrazone groups is 1. The smallest absolute Gasteiger partial charge is 0.259 e. The van der Waals surface area contributed by atoms with Gasteiger partial charge in [0.25, 0.3) is 5.91 Å². The number of carbonyl (C=O) groups excluding carboxylic acids is 2. The van der Waals surface area contributed by atoms with Crippen LogP contribution >= 0.6 is 0 Å². The molecule has 0 spiro atoms. The van der Waals surface area contributed by atoms with E-state index < -0.39 is 0 Å². The van der Waals surface area contributed by atoms with E-state index >= 15 is 0 Å². The molecular weight excluding hydrogens is 392 g/mol. The summed E-state index contributed by atoms with van der Waals surface area (Å²) in [5.74, 6) is -0.287. The highest BCUT2D eigenvalue weighted by Crippen LogP contribution is 2.21.